The molecule has 2 saturated carbocycles. The van der Waals surface area contributed by atoms with Crippen molar-refractivity contribution in [2.45, 2.75) is 67.9 Å². The van der Waals surface area contributed by atoms with E-state index in [1.165, 1.54) is 34.6 Å². The first-order chi connectivity index (χ1) is 7.54. The molecule has 0 aromatic rings. The van der Waals surface area contributed by atoms with Gasteiger partial charge in [-0.25, -0.2) is 0 Å². The molecule has 3 unspecified atom stereocenters. The van der Waals surface area contributed by atoms with Gasteiger partial charge in [0.15, 0.2) is 0 Å². The molecule has 2 aliphatic rings. The second-order valence-electron chi connectivity index (χ2n) is 6.27. The van der Waals surface area contributed by atoms with Crippen LogP contribution < -0.4 is 0 Å². The number of hydrogen-bond acceptors (Lipinski definition) is 1. The van der Waals surface area contributed by atoms with Gasteiger partial charge in [-0.2, -0.15) is 0 Å². The van der Waals surface area contributed by atoms with Gasteiger partial charge in [-0.05, 0) is 0 Å². The quantitative estimate of drug-likeness (QED) is 0.601. The van der Waals surface area contributed by atoms with Crippen LogP contribution in [-0.4, -0.2) is 32.1 Å². The van der Waals surface area contributed by atoms with Gasteiger partial charge < -0.3 is 0 Å². The summed E-state index contributed by atoms with van der Waals surface area (Å²) in [6.07, 6.45) is 6.55. The van der Waals surface area contributed by atoms with E-state index in [1.54, 1.807) is 0 Å². The third-order valence-corrected chi connectivity index (χ3v) is 9.09. The standard InChI is InChI=1S/C14H26OTe/c1-4-5-8-16-10-14-7-6-11(9-12(14)15)13(14,2)3/h11-12,15H,4-10H2,1-3H3. The van der Waals surface area contributed by atoms with Crippen LogP contribution in [0.5, 0.6) is 0 Å². The Hall–Kier alpha value is 0.750. The van der Waals surface area contributed by atoms with E-state index >= 15 is 0 Å². The normalized spacial score (nSPS) is 40.5. The molecule has 2 rings (SSSR count). The summed E-state index contributed by atoms with van der Waals surface area (Å²) in [5.41, 5.74) is 0.747. The second kappa shape index (κ2) is 4.79. The van der Waals surface area contributed by atoms with Crippen LogP contribution in [0.15, 0.2) is 0 Å². The topological polar surface area (TPSA) is 20.2 Å². The van der Waals surface area contributed by atoms with E-state index in [0.717, 1.165) is 12.3 Å². The molecule has 0 radical (unpaired) electrons. The molecule has 94 valence electrons. The number of hydrogen-bond donors (Lipinski definition) is 1. The summed E-state index contributed by atoms with van der Waals surface area (Å²) in [5.74, 6) is 0.807. The third kappa shape index (κ3) is 1.86. The maximum absolute atomic E-state index is 10.4. The van der Waals surface area contributed by atoms with Crippen LogP contribution in [0.1, 0.15) is 52.9 Å². The summed E-state index contributed by atoms with van der Waals surface area (Å²) < 4.78 is 2.87. The Morgan fingerprint density at radius 2 is 2.12 bits per heavy atom. The monoisotopic (exact) mass is 340 g/mol. The van der Waals surface area contributed by atoms with Crippen molar-refractivity contribution in [2.75, 3.05) is 0 Å². The molecule has 0 spiro atoms. The molecule has 2 fully saturated rings. The van der Waals surface area contributed by atoms with E-state index in [4.69, 9.17) is 0 Å². The average Bonchev–Trinajstić information content (AvgIpc) is 2.58. The summed E-state index contributed by atoms with van der Waals surface area (Å²) in [4.78, 5) is 0. The van der Waals surface area contributed by atoms with E-state index < -0.39 is 0 Å². The molecule has 3 atom stereocenters. The molecule has 0 aliphatic heterocycles. The summed E-state index contributed by atoms with van der Waals surface area (Å²) in [5, 5.41) is 10.4. The van der Waals surface area contributed by atoms with Crippen molar-refractivity contribution in [2.24, 2.45) is 16.7 Å². The molecular weight excluding hydrogens is 312 g/mol. The summed E-state index contributed by atoms with van der Waals surface area (Å²) in [6.45, 7) is 7.13. The van der Waals surface area contributed by atoms with Crippen LogP contribution in [0.3, 0.4) is 0 Å². The first kappa shape index (κ1) is 13.2. The molecule has 1 N–H and O–H groups in total. The summed E-state index contributed by atoms with van der Waals surface area (Å²) >= 11 is 0.149. The second-order valence-corrected chi connectivity index (χ2v) is 9.43. The molecule has 0 amide bonds. The van der Waals surface area contributed by atoms with E-state index in [-0.39, 0.29) is 27.0 Å². The number of rotatable bonds is 5. The Morgan fingerprint density at radius 3 is 2.62 bits per heavy atom. The van der Waals surface area contributed by atoms with Crippen molar-refractivity contribution in [3.05, 3.63) is 0 Å². The van der Waals surface area contributed by atoms with Crippen molar-refractivity contribution in [3.63, 3.8) is 0 Å². The van der Waals surface area contributed by atoms with Crippen molar-refractivity contribution in [1.82, 2.24) is 0 Å². The van der Waals surface area contributed by atoms with Gasteiger partial charge in [0.1, 0.15) is 0 Å². The molecule has 0 aromatic heterocycles. The Morgan fingerprint density at radius 1 is 1.38 bits per heavy atom. The van der Waals surface area contributed by atoms with Gasteiger partial charge in [0.2, 0.25) is 0 Å². The minimum atomic E-state index is 0.0213. The molecule has 0 heterocycles. The van der Waals surface area contributed by atoms with Crippen molar-refractivity contribution in [1.29, 1.82) is 0 Å². The number of fused-ring (bicyclic) bond motifs is 2. The van der Waals surface area contributed by atoms with Crippen LogP contribution in [0, 0.1) is 16.7 Å². The van der Waals surface area contributed by atoms with Gasteiger partial charge in [-0.15, -0.1) is 0 Å². The zero-order valence-electron chi connectivity index (χ0n) is 11.0. The number of aliphatic hydroxyl groups excluding tert-OH is 1. The zero-order valence-corrected chi connectivity index (χ0v) is 13.3. The van der Waals surface area contributed by atoms with E-state index in [9.17, 15) is 5.11 Å². The van der Waals surface area contributed by atoms with Crippen molar-refractivity contribution >= 4 is 20.9 Å². The Kier molecular flexibility index (Phi) is 3.95. The van der Waals surface area contributed by atoms with Gasteiger partial charge in [-0.1, -0.05) is 0 Å². The zero-order chi connectivity index (χ0) is 11.8. The van der Waals surface area contributed by atoms with Crippen molar-refractivity contribution in [3.8, 4) is 0 Å². The van der Waals surface area contributed by atoms with Crippen LogP contribution in [0.25, 0.3) is 0 Å². The molecule has 1 nitrogen and oxygen atoms in total. The van der Waals surface area contributed by atoms with Crippen LogP contribution in [0.2, 0.25) is 8.94 Å². The maximum atomic E-state index is 10.4. The Balaban J connectivity index is 1.99. The fourth-order valence-corrected chi connectivity index (χ4v) is 8.76. The van der Waals surface area contributed by atoms with Gasteiger partial charge in [0.25, 0.3) is 0 Å². The Labute approximate surface area is 110 Å². The summed E-state index contributed by atoms with van der Waals surface area (Å²) in [7, 11) is 0. The molecule has 2 bridgehead atoms. The van der Waals surface area contributed by atoms with Crippen molar-refractivity contribution < 1.29 is 5.11 Å². The number of unbranched alkanes of at least 4 members (excludes halogenated alkanes) is 1. The molecule has 0 saturated heterocycles. The first-order valence-corrected chi connectivity index (χ1v) is 10.1. The Bertz CT molecular complexity index is 251. The first-order valence-electron chi connectivity index (χ1n) is 6.80. The molecular formula is C14H26OTe. The molecule has 0 aromatic carbocycles. The van der Waals surface area contributed by atoms with E-state index in [2.05, 4.69) is 20.8 Å². The molecule has 2 heteroatoms. The van der Waals surface area contributed by atoms with Crippen LogP contribution in [-0.2, 0) is 0 Å². The van der Waals surface area contributed by atoms with Gasteiger partial charge in [0, 0.05) is 0 Å². The third-order valence-electron chi connectivity index (χ3n) is 5.39. The SMILES string of the molecule is CCCC[Te]CC12CCC(CC1O)C2(C)C. The fourth-order valence-electron chi connectivity index (χ4n) is 3.88. The van der Waals surface area contributed by atoms with E-state index in [1.807, 2.05) is 0 Å². The predicted octanol–water partition coefficient (Wildman–Crippen LogP) is 3.51. The minimum absolute atomic E-state index is 0.0213. The fraction of sp³-hybridized carbons (Fsp3) is 1.00. The predicted molar refractivity (Wildman–Crippen MR) is 69.8 cm³/mol. The average molecular weight is 338 g/mol. The summed E-state index contributed by atoms with van der Waals surface area (Å²) in [6, 6.07) is 0. The van der Waals surface area contributed by atoms with E-state index in [0.29, 0.717) is 10.8 Å². The van der Waals surface area contributed by atoms with Crippen LogP contribution in [0.4, 0.5) is 0 Å². The number of aliphatic hydroxyl groups is 1. The molecule has 2 aliphatic carbocycles. The van der Waals surface area contributed by atoms with Crippen LogP contribution >= 0.6 is 0 Å². The van der Waals surface area contributed by atoms with Gasteiger partial charge in [0.05, 0.1) is 0 Å². The van der Waals surface area contributed by atoms with Gasteiger partial charge in [-0.3, -0.25) is 0 Å². The van der Waals surface area contributed by atoms with Gasteiger partial charge >= 0.3 is 111 Å². The molecule has 16 heavy (non-hydrogen) atoms.